The van der Waals surface area contributed by atoms with E-state index in [1.54, 1.807) is 0 Å². The number of rotatable bonds is 5. The molecule has 1 atom stereocenters. The molecule has 1 fully saturated rings. The van der Waals surface area contributed by atoms with Crippen LogP contribution in [-0.4, -0.2) is 30.1 Å². The van der Waals surface area contributed by atoms with Crippen LogP contribution in [0.1, 0.15) is 29.6 Å². The Morgan fingerprint density at radius 2 is 2.29 bits per heavy atom. The van der Waals surface area contributed by atoms with Gasteiger partial charge in [0.2, 0.25) is 0 Å². The van der Waals surface area contributed by atoms with E-state index in [1.165, 1.54) is 18.2 Å². The van der Waals surface area contributed by atoms with Crippen molar-refractivity contribution >= 4 is 17.3 Å². The quantitative estimate of drug-likeness (QED) is 0.426. The number of anilines is 1. The molecule has 21 heavy (non-hydrogen) atoms. The number of nitro benzene ring substituents is 1. The number of nitro groups is 1. The zero-order valence-corrected chi connectivity index (χ0v) is 11.5. The molecular formula is C13H18N4O4. The van der Waals surface area contributed by atoms with Crippen LogP contribution >= 0.6 is 0 Å². The van der Waals surface area contributed by atoms with Gasteiger partial charge in [-0.05, 0) is 31.4 Å². The molecule has 1 aromatic rings. The van der Waals surface area contributed by atoms with E-state index in [-0.39, 0.29) is 23.4 Å². The van der Waals surface area contributed by atoms with Gasteiger partial charge in [0, 0.05) is 24.8 Å². The van der Waals surface area contributed by atoms with Crippen LogP contribution in [0.3, 0.4) is 0 Å². The second kappa shape index (κ2) is 7.00. The monoisotopic (exact) mass is 294 g/mol. The van der Waals surface area contributed by atoms with Crippen molar-refractivity contribution in [3.63, 3.8) is 0 Å². The molecule has 8 nitrogen and oxygen atoms in total. The zero-order valence-electron chi connectivity index (χ0n) is 11.5. The minimum absolute atomic E-state index is 0.0350. The SMILES string of the molecule is NNc1cc(C(=O)NCC2CCCCO2)ccc1[N+](=O)[O-]. The van der Waals surface area contributed by atoms with Crippen molar-refractivity contribution in [1.82, 2.24) is 5.32 Å². The van der Waals surface area contributed by atoms with Crippen LogP contribution in [0.5, 0.6) is 0 Å². The second-order valence-electron chi connectivity index (χ2n) is 4.83. The van der Waals surface area contributed by atoms with Gasteiger partial charge in [-0.25, -0.2) is 0 Å². The molecule has 1 aliphatic rings. The van der Waals surface area contributed by atoms with Crippen molar-refractivity contribution in [3.05, 3.63) is 33.9 Å². The van der Waals surface area contributed by atoms with E-state index in [4.69, 9.17) is 10.6 Å². The lowest BCUT2D eigenvalue weighted by atomic mass is 10.1. The van der Waals surface area contributed by atoms with Crippen LogP contribution < -0.4 is 16.6 Å². The van der Waals surface area contributed by atoms with Crippen LogP contribution in [0.2, 0.25) is 0 Å². The maximum Gasteiger partial charge on any atom is 0.293 e. The number of carbonyl (C=O) groups is 1. The van der Waals surface area contributed by atoms with Crippen molar-refractivity contribution in [2.24, 2.45) is 5.84 Å². The molecule has 1 amide bonds. The molecule has 0 aromatic heterocycles. The number of ether oxygens (including phenoxy) is 1. The summed E-state index contributed by atoms with van der Waals surface area (Å²) in [6.45, 7) is 1.15. The number of hydrogen-bond acceptors (Lipinski definition) is 6. The summed E-state index contributed by atoms with van der Waals surface area (Å²) >= 11 is 0. The Kier molecular flexibility index (Phi) is 5.07. The van der Waals surface area contributed by atoms with Gasteiger partial charge >= 0.3 is 0 Å². The van der Waals surface area contributed by atoms with Gasteiger partial charge in [-0.2, -0.15) is 0 Å². The Balaban J connectivity index is 2.00. The summed E-state index contributed by atoms with van der Waals surface area (Å²) in [5.41, 5.74) is 2.46. The lowest BCUT2D eigenvalue weighted by Gasteiger charge is -2.22. The van der Waals surface area contributed by atoms with E-state index >= 15 is 0 Å². The first-order valence-corrected chi connectivity index (χ1v) is 6.76. The van der Waals surface area contributed by atoms with Gasteiger partial charge < -0.3 is 15.5 Å². The highest BCUT2D eigenvalue weighted by molar-refractivity contribution is 5.95. The summed E-state index contributed by atoms with van der Waals surface area (Å²) in [5, 5.41) is 13.6. The van der Waals surface area contributed by atoms with Crippen LogP contribution in [0.15, 0.2) is 18.2 Å². The van der Waals surface area contributed by atoms with Crippen molar-refractivity contribution in [2.75, 3.05) is 18.6 Å². The lowest BCUT2D eigenvalue weighted by molar-refractivity contribution is -0.384. The Labute approximate surface area is 121 Å². The summed E-state index contributed by atoms with van der Waals surface area (Å²) in [6, 6.07) is 4.01. The van der Waals surface area contributed by atoms with E-state index < -0.39 is 4.92 Å². The summed E-state index contributed by atoms with van der Waals surface area (Å²) < 4.78 is 5.52. The van der Waals surface area contributed by atoms with Gasteiger partial charge in [0.05, 0.1) is 11.0 Å². The number of nitrogens with two attached hydrogens (primary N) is 1. The Hall–Kier alpha value is -2.19. The molecule has 2 rings (SSSR count). The number of nitrogens with one attached hydrogen (secondary N) is 2. The molecule has 1 unspecified atom stereocenters. The highest BCUT2D eigenvalue weighted by Crippen LogP contribution is 2.24. The number of carbonyl (C=O) groups excluding carboxylic acids is 1. The zero-order chi connectivity index (χ0) is 15.2. The van der Waals surface area contributed by atoms with Gasteiger partial charge in [0.15, 0.2) is 0 Å². The molecular weight excluding hydrogens is 276 g/mol. The molecule has 0 aliphatic carbocycles. The summed E-state index contributed by atoms with van der Waals surface area (Å²) in [7, 11) is 0. The Bertz CT molecular complexity index is 529. The maximum absolute atomic E-state index is 12.0. The molecule has 0 radical (unpaired) electrons. The molecule has 4 N–H and O–H groups in total. The first-order valence-electron chi connectivity index (χ1n) is 6.76. The largest absolute Gasteiger partial charge is 0.376 e. The second-order valence-corrected chi connectivity index (χ2v) is 4.83. The Morgan fingerprint density at radius 1 is 1.48 bits per heavy atom. The predicted octanol–water partition coefficient (Wildman–Crippen LogP) is 1.18. The molecule has 0 spiro atoms. The number of hydrogen-bond donors (Lipinski definition) is 3. The number of hydrazine groups is 1. The third kappa shape index (κ3) is 3.89. The predicted molar refractivity (Wildman–Crippen MR) is 76.8 cm³/mol. The van der Waals surface area contributed by atoms with Crippen LogP contribution in [0.25, 0.3) is 0 Å². The fraction of sp³-hybridized carbons (Fsp3) is 0.462. The van der Waals surface area contributed by atoms with E-state index in [1.807, 2.05) is 0 Å². The Morgan fingerprint density at radius 3 is 2.90 bits per heavy atom. The van der Waals surface area contributed by atoms with E-state index in [0.29, 0.717) is 12.1 Å². The number of benzene rings is 1. The summed E-state index contributed by atoms with van der Waals surface area (Å²) in [4.78, 5) is 22.3. The average molecular weight is 294 g/mol. The maximum atomic E-state index is 12.0. The molecule has 1 heterocycles. The fourth-order valence-electron chi connectivity index (χ4n) is 2.23. The van der Waals surface area contributed by atoms with Crippen molar-refractivity contribution in [1.29, 1.82) is 0 Å². The number of nitrogen functional groups attached to an aromatic ring is 1. The van der Waals surface area contributed by atoms with Gasteiger partial charge in [-0.1, -0.05) is 0 Å². The molecule has 0 saturated carbocycles. The number of nitrogens with zero attached hydrogens (tertiary/aromatic N) is 1. The molecule has 0 bridgehead atoms. The van der Waals surface area contributed by atoms with Crippen LogP contribution in [0, 0.1) is 10.1 Å². The van der Waals surface area contributed by atoms with E-state index in [0.717, 1.165) is 25.9 Å². The normalized spacial score (nSPS) is 18.0. The minimum atomic E-state index is -0.563. The first-order chi connectivity index (χ1) is 10.1. The fourth-order valence-corrected chi connectivity index (χ4v) is 2.23. The van der Waals surface area contributed by atoms with Crippen molar-refractivity contribution in [2.45, 2.75) is 25.4 Å². The van der Waals surface area contributed by atoms with E-state index in [2.05, 4.69) is 10.7 Å². The van der Waals surface area contributed by atoms with Gasteiger partial charge in [-0.15, -0.1) is 0 Å². The van der Waals surface area contributed by atoms with Crippen molar-refractivity contribution in [3.8, 4) is 0 Å². The van der Waals surface area contributed by atoms with Gasteiger partial charge in [0.1, 0.15) is 5.69 Å². The average Bonchev–Trinajstić information content (AvgIpc) is 2.52. The van der Waals surface area contributed by atoms with Crippen LogP contribution in [0.4, 0.5) is 11.4 Å². The molecule has 1 saturated heterocycles. The van der Waals surface area contributed by atoms with Gasteiger partial charge in [-0.3, -0.25) is 20.8 Å². The number of amides is 1. The minimum Gasteiger partial charge on any atom is -0.376 e. The highest BCUT2D eigenvalue weighted by atomic mass is 16.6. The molecule has 8 heteroatoms. The lowest BCUT2D eigenvalue weighted by Crippen LogP contribution is -2.35. The van der Waals surface area contributed by atoms with Crippen LogP contribution in [-0.2, 0) is 4.74 Å². The van der Waals surface area contributed by atoms with Gasteiger partial charge in [0.25, 0.3) is 11.6 Å². The molecule has 1 aliphatic heterocycles. The highest BCUT2D eigenvalue weighted by Gasteiger charge is 2.18. The van der Waals surface area contributed by atoms with Crippen molar-refractivity contribution < 1.29 is 14.5 Å². The topological polar surface area (TPSA) is 120 Å². The first kappa shape index (κ1) is 15.2. The third-order valence-corrected chi connectivity index (χ3v) is 3.38. The standard InChI is InChI=1S/C13H18N4O4/c14-16-11-7-9(4-5-12(11)17(19)20)13(18)15-8-10-3-1-2-6-21-10/h4-5,7,10,16H,1-3,6,8,14H2,(H,15,18). The summed E-state index contributed by atoms with van der Waals surface area (Å²) in [6.07, 6.45) is 3.11. The molecule has 1 aromatic carbocycles. The van der Waals surface area contributed by atoms with E-state index in [9.17, 15) is 14.9 Å². The molecule has 114 valence electrons. The smallest absolute Gasteiger partial charge is 0.293 e. The summed E-state index contributed by atoms with van der Waals surface area (Å²) in [5.74, 6) is 4.93. The third-order valence-electron chi connectivity index (χ3n) is 3.38.